The average molecular weight is 317 g/mol. The van der Waals surface area contributed by atoms with Crippen LogP contribution in [0.2, 0.25) is 5.28 Å². The van der Waals surface area contributed by atoms with Crippen LogP contribution in [-0.4, -0.2) is 29.0 Å². The van der Waals surface area contributed by atoms with E-state index in [1.54, 1.807) is 6.20 Å². The van der Waals surface area contributed by atoms with Gasteiger partial charge in [-0.15, -0.1) is 0 Å². The van der Waals surface area contributed by atoms with E-state index in [9.17, 15) is 4.79 Å². The summed E-state index contributed by atoms with van der Waals surface area (Å²) in [6.07, 6.45) is 3.23. The van der Waals surface area contributed by atoms with Crippen molar-refractivity contribution in [2.24, 2.45) is 11.7 Å². The van der Waals surface area contributed by atoms with Gasteiger partial charge in [-0.25, -0.2) is 4.98 Å². The van der Waals surface area contributed by atoms with Gasteiger partial charge in [-0.05, 0) is 30.0 Å². The van der Waals surface area contributed by atoms with E-state index in [4.69, 9.17) is 17.3 Å². The largest absolute Gasteiger partial charge is 0.369 e. The van der Waals surface area contributed by atoms with E-state index in [-0.39, 0.29) is 17.1 Å². The summed E-state index contributed by atoms with van der Waals surface area (Å²) in [5.74, 6) is 0.548. The highest BCUT2D eigenvalue weighted by molar-refractivity contribution is 6.28. The summed E-state index contributed by atoms with van der Waals surface area (Å²) in [4.78, 5) is 22.0. The highest BCUT2D eigenvalue weighted by Gasteiger charge is 2.25. The monoisotopic (exact) mass is 316 g/mol. The number of primary amides is 1. The molecule has 0 radical (unpaired) electrons. The lowest BCUT2D eigenvalue weighted by atomic mass is 9.96. The van der Waals surface area contributed by atoms with Crippen LogP contribution < -0.4 is 10.6 Å². The Morgan fingerprint density at radius 1 is 1.23 bits per heavy atom. The zero-order chi connectivity index (χ0) is 15.5. The predicted octanol–water partition coefficient (Wildman–Crippen LogP) is 2.50. The molecule has 0 saturated carbocycles. The van der Waals surface area contributed by atoms with Crippen molar-refractivity contribution in [2.45, 2.75) is 12.8 Å². The lowest BCUT2D eigenvalue weighted by Crippen LogP contribution is -2.39. The maximum atomic E-state index is 11.3. The lowest BCUT2D eigenvalue weighted by molar-refractivity contribution is -0.122. The number of nitrogens with two attached hydrogens (primary N) is 1. The number of anilines is 1. The first-order valence-corrected chi connectivity index (χ1v) is 7.65. The Balaban J connectivity index is 1.91. The Morgan fingerprint density at radius 2 is 1.91 bits per heavy atom. The second-order valence-electron chi connectivity index (χ2n) is 5.41. The van der Waals surface area contributed by atoms with Crippen molar-refractivity contribution in [1.82, 2.24) is 9.97 Å². The second-order valence-corrected chi connectivity index (χ2v) is 5.74. The van der Waals surface area contributed by atoms with Gasteiger partial charge in [0.05, 0.1) is 0 Å². The maximum Gasteiger partial charge on any atom is 0.224 e. The van der Waals surface area contributed by atoms with E-state index in [0.717, 1.165) is 42.9 Å². The third-order valence-electron chi connectivity index (χ3n) is 4.02. The molecule has 0 aliphatic carbocycles. The van der Waals surface area contributed by atoms with Crippen molar-refractivity contribution in [1.29, 1.82) is 0 Å². The topological polar surface area (TPSA) is 72.1 Å². The van der Waals surface area contributed by atoms with Crippen LogP contribution >= 0.6 is 11.6 Å². The number of hydrogen-bond acceptors (Lipinski definition) is 4. The highest BCUT2D eigenvalue weighted by atomic mass is 35.5. The molecule has 1 fully saturated rings. The molecule has 1 aliphatic heterocycles. The number of halogens is 1. The first kappa shape index (κ1) is 14.8. The smallest absolute Gasteiger partial charge is 0.224 e. The molecule has 0 spiro atoms. The third kappa shape index (κ3) is 3.04. The minimum absolute atomic E-state index is 0.0475. The van der Waals surface area contributed by atoms with Crippen molar-refractivity contribution < 1.29 is 4.79 Å². The van der Waals surface area contributed by atoms with Crippen LogP contribution in [0.3, 0.4) is 0 Å². The molecule has 2 N–H and O–H groups in total. The molecule has 3 rings (SSSR count). The third-order valence-corrected chi connectivity index (χ3v) is 4.20. The molecule has 0 unspecified atom stereocenters. The first-order chi connectivity index (χ1) is 10.6. The molecule has 1 saturated heterocycles. The molecule has 1 aliphatic rings. The van der Waals surface area contributed by atoms with Crippen LogP contribution in [0.4, 0.5) is 5.82 Å². The van der Waals surface area contributed by atoms with E-state index < -0.39 is 0 Å². The highest BCUT2D eigenvalue weighted by Crippen LogP contribution is 2.31. The van der Waals surface area contributed by atoms with E-state index >= 15 is 0 Å². The van der Waals surface area contributed by atoms with Crippen molar-refractivity contribution >= 4 is 23.3 Å². The van der Waals surface area contributed by atoms with Gasteiger partial charge in [-0.2, -0.15) is 4.98 Å². The molecular weight excluding hydrogens is 300 g/mol. The minimum Gasteiger partial charge on any atom is -0.369 e. The Bertz CT molecular complexity index is 669. The molecule has 1 aromatic carbocycles. The SMILES string of the molecule is NC(=O)C1CCN(c2nc(Cl)ncc2-c2ccccc2)CC1. The maximum absolute atomic E-state index is 11.3. The van der Waals surface area contributed by atoms with Gasteiger partial charge >= 0.3 is 0 Å². The fourth-order valence-corrected chi connectivity index (χ4v) is 2.92. The quantitative estimate of drug-likeness (QED) is 0.883. The summed E-state index contributed by atoms with van der Waals surface area (Å²) in [7, 11) is 0. The van der Waals surface area contributed by atoms with Crippen LogP contribution in [0.1, 0.15) is 12.8 Å². The minimum atomic E-state index is -0.219. The molecule has 2 aromatic rings. The first-order valence-electron chi connectivity index (χ1n) is 7.27. The number of amides is 1. The van der Waals surface area contributed by atoms with E-state index in [1.165, 1.54) is 0 Å². The van der Waals surface area contributed by atoms with Gasteiger partial charge < -0.3 is 10.6 Å². The van der Waals surface area contributed by atoms with E-state index in [1.807, 2.05) is 30.3 Å². The fourth-order valence-electron chi connectivity index (χ4n) is 2.79. The van der Waals surface area contributed by atoms with Crippen LogP contribution in [0, 0.1) is 5.92 Å². The standard InChI is InChI=1S/C16H17ClN4O/c17-16-19-10-13(11-4-2-1-3-5-11)15(20-16)21-8-6-12(7-9-21)14(18)22/h1-5,10,12H,6-9H2,(H2,18,22). The molecule has 5 nitrogen and oxygen atoms in total. The summed E-state index contributed by atoms with van der Waals surface area (Å²) >= 11 is 5.98. The molecular formula is C16H17ClN4O. The molecule has 114 valence electrons. The summed E-state index contributed by atoms with van der Waals surface area (Å²) in [6, 6.07) is 9.97. The summed E-state index contributed by atoms with van der Waals surface area (Å²) < 4.78 is 0. The number of nitrogens with zero attached hydrogens (tertiary/aromatic N) is 3. The van der Waals surface area contributed by atoms with Crippen molar-refractivity contribution in [3.63, 3.8) is 0 Å². The number of carbonyl (C=O) groups is 1. The normalized spacial score (nSPS) is 15.8. The molecule has 22 heavy (non-hydrogen) atoms. The van der Waals surface area contributed by atoms with Gasteiger partial charge in [-0.1, -0.05) is 30.3 Å². The zero-order valence-corrected chi connectivity index (χ0v) is 12.8. The summed E-state index contributed by atoms with van der Waals surface area (Å²) in [6.45, 7) is 1.47. The van der Waals surface area contributed by atoms with Gasteiger partial charge in [0.15, 0.2) is 0 Å². The van der Waals surface area contributed by atoms with Gasteiger partial charge in [0.1, 0.15) is 5.82 Å². The van der Waals surface area contributed by atoms with Crippen molar-refractivity contribution in [3.8, 4) is 11.1 Å². The van der Waals surface area contributed by atoms with Crippen LogP contribution in [0.25, 0.3) is 11.1 Å². The van der Waals surface area contributed by atoms with Crippen LogP contribution in [0.15, 0.2) is 36.5 Å². The van der Waals surface area contributed by atoms with E-state index in [2.05, 4.69) is 14.9 Å². The predicted molar refractivity (Wildman–Crippen MR) is 86.6 cm³/mol. The Labute approximate surface area is 134 Å². The van der Waals surface area contributed by atoms with Crippen molar-refractivity contribution in [3.05, 3.63) is 41.8 Å². The second kappa shape index (κ2) is 6.32. The lowest BCUT2D eigenvalue weighted by Gasteiger charge is -2.32. The molecule has 0 atom stereocenters. The number of carbonyl (C=O) groups excluding carboxylic acids is 1. The Morgan fingerprint density at radius 3 is 2.55 bits per heavy atom. The average Bonchev–Trinajstić information content (AvgIpc) is 2.55. The summed E-state index contributed by atoms with van der Waals surface area (Å²) in [5, 5.41) is 0.228. The van der Waals surface area contributed by atoms with E-state index in [0.29, 0.717) is 0 Å². The fraction of sp³-hybridized carbons (Fsp3) is 0.312. The van der Waals surface area contributed by atoms with Gasteiger partial charge in [0.25, 0.3) is 0 Å². The molecule has 0 bridgehead atoms. The Kier molecular flexibility index (Phi) is 4.24. The molecule has 1 amide bonds. The zero-order valence-electron chi connectivity index (χ0n) is 12.1. The number of benzene rings is 1. The van der Waals surface area contributed by atoms with Crippen LogP contribution in [0.5, 0.6) is 0 Å². The number of piperidine rings is 1. The number of aromatic nitrogens is 2. The Hall–Kier alpha value is -2.14. The number of hydrogen-bond donors (Lipinski definition) is 1. The molecule has 6 heteroatoms. The molecule has 2 heterocycles. The number of rotatable bonds is 3. The molecule has 1 aromatic heterocycles. The van der Waals surface area contributed by atoms with Gasteiger partial charge in [0, 0.05) is 30.8 Å². The summed E-state index contributed by atoms with van der Waals surface area (Å²) in [5.41, 5.74) is 7.39. The van der Waals surface area contributed by atoms with Gasteiger partial charge in [0.2, 0.25) is 11.2 Å². The van der Waals surface area contributed by atoms with Gasteiger partial charge in [-0.3, -0.25) is 4.79 Å². The van der Waals surface area contributed by atoms with Crippen molar-refractivity contribution in [2.75, 3.05) is 18.0 Å². The van der Waals surface area contributed by atoms with Crippen LogP contribution in [-0.2, 0) is 4.79 Å².